The zero-order valence-electron chi connectivity index (χ0n) is 12.1. The number of hydrogen-bond donors (Lipinski definition) is 1. The van der Waals surface area contributed by atoms with Crippen molar-refractivity contribution in [1.82, 2.24) is 0 Å². The van der Waals surface area contributed by atoms with Gasteiger partial charge in [-0.1, -0.05) is 50.8 Å². The molecule has 0 amide bonds. The van der Waals surface area contributed by atoms with Gasteiger partial charge < -0.3 is 5.11 Å². The van der Waals surface area contributed by atoms with Gasteiger partial charge in [0.05, 0.1) is 22.7 Å². The number of rotatable bonds is 10. The summed E-state index contributed by atoms with van der Waals surface area (Å²) in [5, 5.41) is 9.78. The van der Waals surface area contributed by atoms with E-state index in [9.17, 15) is 14.1 Å². The lowest BCUT2D eigenvalue weighted by molar-refractivity contribution is -0.118. The molecule has 2 unspecified atom stereocenters. The molecule has 1 N–H and O–H groups in total. The number of aliphatic hydroxyl groups is 1. The van der Waals surface area contributed by atoms with Crippen LogP contribution in [0.5, 0.6) is 0 Å². The van der Waals surface area contributed by atoms with E-state index >= 15 is 0 Å². The SMILES string of the molecule is CCCCCCC(O)CC(=O)CS(=O)c1ccccc1. The van der Waals surface area contributed by atoms with E-state index in [1.54, 1.807) is 24.3 Å². The predicted molar refractivity (Wildman–Crippen MR) is 82.1 cm³/mol. The summed E-state index contributed by atoms with van der Waals surface area (Å²) in [5.41, 5.74) is 0. The molecule has 0 fully saturated rings. The maximum Gasteiger partial charge on any atom is 0.148 e. The number of ketones is 1. The van der Waals surface area contributed by atoms with Crippen LogP contribution in [0, 0.1) is 0 Å². The molecule has 0 aliphatic heterocycles. The van der Waals surface area contributed by atoms with Crippen LogP contribution in [0.4, 0.5) is 0 Å². The van der Waals surface area contributed by atoms with Crippen LogP contribution < -0.4 is 0 Å². The lowest BCUT2D eigenvalue weighted by Gasteiger charge is -2.09. The van der Waals surface area contributed by atoms with Crippen LogP contribution in [0.2, 0.25) is 0 Å². The number of hydrogen-bond acceptors (Lipinski definition) is 3. The first kappa shape index (κ1) is 17.1. The summed E-state index contributed by atoms with van der Waals surface area (Å²) < 4.78 is 11.9. The first-order chi connectivity index (χ1) is 9.63. The third kappa shape index (κ3) is 6.96. The molecule has 0 radical (unpaired) electrons. The largest absolute Gasteiger partial charge is 0.393 e. The molecule has 20 heavy (non-hydrogen) atoms. The monoisotopic (exact) mass is 296 g/mol. The van der Waals surface area contributed by atoms with Gasteiger partial charge in [-0.15, -0.1) is 0 Å². The summed E-state index contributed by atoms with van der Waals surface area (Å²) >= 11 is 0. The van der Waals surface area contributed by atoms with E-state index < -0.39 is 16.9 Å². The second-order valence-electron chi connectivity index (χ2n) is 5.05. The highest BCUT2D eigenvalue weighted by Gasteiger charge is 2.14. The van der Waals surface area contributed by atoms with Gasteiger partial charge >= 0.3 is 0 Å². The van der Waals surface area contributed by atoms with Gasteiger partial charge in [0, 0.05) is 11.3 Å². The number of Topliss-reactive ketones (excluding diaryl/α,β-unsaturated/α-hetero) is 1. The Kier molecular flexibility index (Phi) is 8.38. The average Bonchev–Trinajstić information content (AvgIpc) is 2.44. The molecule has 0 spiro atoms. The van der Waals surface area contributed by atoms with Gasteiger partial charge in [0.15, 0.2) is 0 Å². The molecule has 1 aromatic carbocycles. The third-order valence-corrected chi connectivity index (χ3v) is 4.53. The van der Waals surface area contributed by atoms with Crippen LogP contribution in [-0.2, 0) is 15.6 Å². The van der Waals surface area contributed by atoms with Gasteiger partial charge in [-0.3, -0.25) is 9.00 Å². The van der Waals surface area contributed by atoms with Crippen LogP contribution in [0.3, 0.4) is 0 Å². The zero-order chi connectivity index (χ0) is 14.8. The van der Waals surface area contributed by atoms with Gasteiger partial charge in [0.2, 0.25) is 0 Å². The summed E-state index contributed by atoms with van der Waals surface area (Å²) in [5.74, 6) is -0.133. The van der Waals surface area contributed by atoms with Gasteiger partial charge in [-0.2, -0.15) is 0 Å². The fourth-order valence-corrected chi connectivity index (χ4v) is 3.07. The van der Waals surface area contributed by atoms with Crippen LogP contribution in [-0.4, -0.2) is 27.0 Å². The molecule has 0 aliphatic carbocycles. The standard InChI is InChI=1S/C16H24O3S/c1-2-3-4-6-9-14(17)12-15(18)13-20(19)16-10-7-5-8-11-16/h5,7-8,10-11,14,17H,2-4,6,9,12-13H2,1H3. The number of carbonyl (C=O) groups excluding carboxylic acids is 1. The quantitative estimate of drug-likeness (QED) is 0.675. The Bertz CT molecular complexity index is 417. The molecule has 0 heterocycles. The Hall–Kier alpha value is -1.00. The summed E-state index contributed by atoms with van der Waals surface area (Å²) in [7, 11) is -1.30. The molecule has 2 atom stereocenters. The molecule has 1 rings (SSSR count). The Balaban J connectivity index is 2.27. The van der Waals surface area contributed by atoms with Crippen molar-refractivity contribution in [3.8, 4) is 0 Å². The van der Waals surface area contributed by atoms with Crippen LogP contribution in [0.1, 0.15) is 45.4 Å². The minimum absolute atomic E-state index is 0.00394. The van der Waals surface area contributed by atoms with Crippen LogP contribution in [0.25, 0.3) is 0 Å². The predicted octanol–water partition coefficient (Wildman–Crippen LogP) is 3.08. The fraction of sp³-hybridized carbons (Fsp3) is 0.562. The second kappa shape index (κ2) is 9.83. The molecular formula is C16H24O3S. The van der Waals surface area contributed by atoms with E-state index in [4.69, 9.17) is 0 Å². The summed E-state index contributed by atoms with van der Waals surface area (Å²) in [6.45, 7) is 2.14. The van der Waals surface area contributed by atoms with Crippen molar-refractivity contribution < 1.29 is 14.1 Å². The van der Waals surface area contributed by atoms with E-state index in [-0.39, 0.29) is 18.0 Å². The van der Waals surface area contributed by atoms with Gasteiger partial charge in [-0.25, -0.2) is 0 Å². The van der Waals surface area contributed by atoms with Gasteiger partial charge in [0.25, 0.3) is 0 Å². The molecule has 0 bridgehead atoms. The van der Waals surface area contributed by atoms with Crippen molar-refractivity contribution in [3.05, 3.63) is 30.3 Å². The number of aliphatic hydroxyl groups excluding tert-OH is 1. The zero-order valence-corrected chi connectivity index (χ0v) is 12.9. The maximum atomic E-state index is 11.9. The molecule has 0 aliphatic rings. The summed E-state index contributed by atoms with van der Waals surface area (Å²) in [4.78, 5) is 12.4. The van der Waals surface area contributed by atoms with Crippen molar-refractivity contribution in [3.63, 3.8) is 0 Å². The Morgan fingerprint density at radius 2 is 1.90 bits per heavy atom. The molecule has 0 saturated heterocycles. The normalized spacial score (nSPS) is 13.9. The Morgan fingerprint density at radius 3 is 2.55 bits per heavy atom. The molecule has 1 aromatic rings. The molecule has 3 nitrogen and oxygen atoms in total. The number of carbonyl (C=O) groups is 1. The van der Waals surface area contributed by atoms with E-state index in [1.807, 2.05) is 6.07 Å². The highest BCUT2D eigenvalue weighted by atomic mass is 32.2. The van der Waals surface area contributed by atoms with Gasteiger partial charge in [-0.05, 0) is 18.6 Å². The summed E-state index contributed by atoms with van der Waals surface area (Å²) in [6.07, 6.45) is 4.55. The average molecular weight is 296 g/mol. The number of unbranched alkanes of at least 4 members (excludes halogenated alkanes) is 3. The first-order valence-electron chi connectivity index (χ1n) is 7.26. The van der Waals surface area contributed by atoms with Crippen LogP contribution in [0.15, 0.2) is 35.2 Å². The van der Waals surface area contributed by atoms with Crippen molar-refractivity contribution in [2.75, 3.05) is 5.75 Å². The third-order valence-electron chi connectivity index (χ3n) is 3.15. The van der Waals surface area contributed by atoms with Crippen LogP contribution >= 0.6 is 0 Å². The molecule has 112 valence electrons. The van der Waals surface area contributed by atoms with E-state index in [2.05, 4.69) is 6.92 Å². The minimum atomic E-state index is -1.30. The maximum absolute atomic E-state index is 11.9. The van der Waals surface area contributed by atoms with E-state index in [1.165, 1.54) is 6.42 Å². The molecule has 0 aromatic heterocycles. The van der Waals surface area contributed by atoms with Crippen molar-refractivity contribution >= 4 is 16.6 Å². The molecule has 0 saturated carbocycles. The molecule has 4 heteroatoms. The topological polar surface area (TPSA) is 54.4 Å². The smallest absolute Gasteiger partial charge is 0.148 e. The first-order valence-corrected chi connectivity index (χ1v) is 8.58. The Morgan fingerprint density at radius 1 is 1.20 bits per heavy atom. The second-order valence-corrected chi connectivity index (χ2v) is 6.50. The Labute approximate surface area is 123 Å². The lowest BCUT2D eigenvalue weighted by Crippen LogP contribution is -2.18. The van der Waals surface area contributed by atoms with E-state index in [0.717, 1.165) is 19.3 Å². The van der Waals surface area contributed by atoms with E-state index in [0.29, 0.717) is 11.3 Å². The van der Waals surface area contributed by atoms with Crippen molar-refractivity contribution in [1.29, 1.82) is 0 Å². The fourth-order valence-electron chi connectivity index (χ4n) is 2.03. The van der Waals surface area contributed by atoms with Crippen molar-refractivity contribution in [2.24, 2.45) is 0 Å². The van der Waals surface area contributed by atoms with Gasteiger partial charge in [0.1, 0.15) is 5.78 Å². The van der Waals surface area contributed by atoms with Crippen molar-refractivity contribution in [2.45, 2.75) is 56.4 Å². The highest BCUT2D eigenvalue weighted by molar-refractivity contribution is 7.85. The molecular weight excluding hydrogens is 272 g/mol. The summed E-state index contributed by atoms with van der Waals surface area (Å²) in [6, 6.07) is 8.97. The lowest BCUT2D eigenvalue weighted by atomic mass is 10.1. The number of benzene rings is 1. The highest BCUT2D eigenvalue weighted by Crippen LogP contribution is 2.10. The minimum Gasteiger partial charge on any atom is -0.393 e.